The molecule has 7 nitrogen and oxygen atoms in total. The molecule has 0 spiro atoms. The highest BCUT2D eigenvalue weighted by molar-refractivity contribution is 6.21. The smallest absolute Gasteiger partial charge is 0.261 e. The molecule has 0 saturated carbocycles. The number of rotatable bonds is 4. The van der Waals surface area contributed by atoms with Crippen LogP contribution in [0, 0.1) is 0 Å². The molecule has 0 aromatic heterocycles. The summed E-state index contributed by atoms with van der Waals surface area (Å²) >= 11 is 0. The van der Waals surface area contributed by atoms with Crippen molar-refractivity contribution >= 4 is 23.4 Å². The number of nitrogens with one attached hydrogen (secondary N) is 1. The maximum absolute atomic E-state index is 12.2. The van der Waals surface area contributed by atoms with Crippen LogP contribution in [0.25, 0.3) is 0 Å². The van der Waals surface area contributed by atoms with Crippen molar-refractivity contribution in [1.82, 2.24) is 4.90 Å². The van der Waals surface area contributed by atoms with Crippen molar-refractivity contribution in [3.05, 3.63) is 53.1 Å². The Bertz CT molecular complexity index is 938. The van der Waals surface area contributed by atoms with E-state index in [4.69, 9.17) is 9.47 Å². The number of anilines is 1. The molecule has 7 heteroatoms. The van der Waals surface area contributed by atoms with Crippen LogP contribution in [-0.4, -0.2) is 36.5 Å². The van der Waals surface area contributed by atoms with Crippen molar-refractivity contribution in [2.45, 2.75) is 12.8 Å². The molecular formula is C19H16N2O5. The highest BCUT2D eigenvalue weighted by Gasteiger charge is 2.32. The van der Waals surface area contributed by atoms with E-state index in [2.05, 4.69) is 5.32 Å². The second-order valence-electron chi connectivity index (χ2n) is 6.17. The molecule has 1 N–H and O–H groups in total. The Kier molecular flexibility index (Phi) is 3.84. The molecule has 2 aromatic rings. The zero-order valence-corrected chi connectivity index (χ0v) is 14.1. The Morgan fingerprint density at radius 3 is 2.65 bits per heavy atom. The monoisotopic (exact) mass is 352 g/mol. The van der Waals surface area contributed by atoms with Crippen LogP contribution in [-0.2, 0) is 11.2 Å². The van der Waals surface area contributed by atoms with Crippen molar-refractivity contribution in [3.63, 3.8) is 0 Å². The number of carbonyl (C=O) groups excluding carboxylic acids is 3. The number of hydrogen-bond donors (Lipinski definition) is 1. The summed E-state index contributed by atoms with van der Waals surface area (Å²) in [6, 6.07) is 10.3. The largest absolute Gasteiger partial charge is 0.454 e. The number of hydrogen-bond acceptors (Lipinski definition) is 5. The van der Waals surface area contributed by atoms with E-state index in [0.29, 0.717) is 34.7 Å². The number of amides is 3. The Hall–Kier alpha value is -3.35. The van der Waals surface area contributed by atoms with Gasteiger partial charge in [0.1, 0.15) is 0 Å². The Morgan fingerprint density at radius 1 is 1.04 bits per heavy atom. The van der Waals surface area contributed by atoms with Crippen molar-refractivity contribution < 1.29 is 23.9 Å². The Morgan fingerprint density at radius 2 is 1.81 bits per heavy atom. The van der Waals surface area contributed by atoms with Gasteiger partial charge in [0.05, 0.1) is 11.1 Å². The van der Waals surface area contributed by atoms with E-state index >= 15 is 0 Å². The summed E-state index contributed by atoms with van der Waals surface area (Å²) in [5.74, 6) is 0.536. The number of fused-ring (bicyclic) bond motifs is 2. The minimum Gasteiger partial charge on any atom is -0.454 e. The van der Waals surface area contributed by atoms with Crippen LogP contribution in [0.4, 0.5) is 5.69 Å². The number of carbonyl (C=O) groups is 3. The average molecular weight is 352 g/mol. The van der Waals surface area contributed by atoms with Crippen LogP contribution in [0.2, 0.25) is 0 Å². The predicted octanol–water partition coefficient (Wildman–Crippen LogP) is 2.21. The lowest BCUT2D eigenvalue weighted by atomic mass is 10.1. The molecule has 2 aromatic carbocycles. The van der Waals surface area contributed by atoms with Gasteiger partial charge in [-0.2, -0.15) is 0 Å². The van der Waals surface area contributed by atoms with Gasteiger partial charge in [0.15, 0.2) is 11.5 Å². The van der Waals surface area contributed by atoms with Crippen LogP contribution in [0.15, 0.2) is 36.4 Å². The van der Waals surface area contributed by atoms with E-state index in [1.165, 1.54) is 13.1 Å². The lowest BCUT2D eigenvalue weighted by molar-refractivity contribution is -0.116. The fourth-order valence-electron chi connectivity index (χ4n) is 3.02. The SMILES string of the molecule is CN1C(=O)c2ccc(NC(=O)CCc3ccc4c(c3)OCO4)cc2C1=O. The minimum absolute atomic E-state index is 0.173. The fourth-order valence-corrected chi connectivity index (χ4v) is 3.02. The molecule has 26 heavy (non-hydrogen) atoms. The molecule has 2 aliphatic heterocycles. The summed E-state index contributed by atoms with van der Waals surface area (Å²) in [6.45, 7) is 0.216. The van der Waals surface area contributed by atoms with Gasteiger partial charge in [-0.1, -0.05) is 6.07 Å². The van der Waals surface area contributed by atoms with Gasteiger partial charge in [0.25, 0.3) is 11.8 Å². The fraction of sp³-hybridized carbons (Fsp3) is 0.211. The van der Waals surface area contributed by atoms with Gasteiger partial charge in [-0.25, -0.2) is 0 Å². The third kappa shape index (κ3) is 2.77. The third-order valence-corrected chi connectivity index (χ3v) is 4.45. The molecule has 4 rings (SSSR count). The zero-order valence-electron chi connectivity index (χ0n) is 14.1. The quantitative estimate of drug-likeness (QED) is 0.853. The molecule has 2 heterocycles. The van der Waals surface area contributed by atoms with Crippen LogP contribution >= 0.6 is 0 Å². The first-order chi connectivity index (χ1) is 12.5. The van der Waals surface area contributed by atoms with Gasteiger partial charge in [-0.05, 0) is 42.3 Å². The zero-order chi connectivity index (χ0) is 18.3. The van der Waals surface area contributed by atoms with E-state index in [9.17, 15) is 14.4 Å². The molecule has 132 valence electrons. The van der Waals surface area contributed by atoms with Crippen molar-refractivity contribution in [2.24, 2.45) is 0 Å². The molecule has 0 aliphatic carbocycles. The summed E-state index contributed by atoms with van der Waals surface area (Å²) in [6.07, 6.45) is 0.830. The highest BCUT2D eigenvalue weighted by atomic mass is 16.7. The third-order valence-electron chi connectivity index (χ3n) is 4.45. The molecular weight excluding hydrogens is 336 g/mol. The summed E-state index contributed by atoms with van der Waals surface area (Å²) in [7, 11) is 1.44. The first kappa shape index (κ1) is 16.1. The van der Waals surface area contributed by atoms with Gasteiger partial charge in [0.2, 0.25) is 12.7 Å². The van der Waals surface area contributed by atoms with Gasteiger partial charge in [-0.15, -0.1) is 0 Å². The lowest BCUT2D eigenvalue weighted by Gasteiger charge is -2.07. The van der Waals surface area contributed by atoms with Crippen LogP contribution in [0.5, 0.6) is 11.5 Å². The van der Waals surface area contributed by atoms with Crippen molar-refractivity contribution in [1.29, 1.82) is 0 Å². The second-order valence-corrected chi connectivity index (χ2v) is 6.17. The number of nitrogens with zero attached hydrogens (tertiary/aromatic N) is 1. The molecule has 0 fully saturated rings. The Labute approximate surface area is 149 Å². The number of imide groups is 1. The summed E-state index contributed by atoms with van der Waals surface area (Å²) in [5.41, 5.74) is 2.14. The molecule has 0 saturated heterocycles. The molecule has 0 atom stereocenters. The first-order valence-corrected chi connectivity index (χ1v) is 8.18. The standard InChI is InChI=1S/C19H16N2O5/c1-21-18(23)13-5-4-12(9-14(13)19(21)24)20-17(22)7-3-11-2-6-15-16(8-11)26-10-25-15/h2,4-6,8-9H,3,7,10H2,1H3,(H,20,22). The van der Waals surface area contributed by atoms with E-state index in [-0.39, 0.29) is 30.9 Å². The van der Waals surface area contributed by atoms with Gasteiger partial charge in [-0.3, -0.25) is 19.3 Å². The number of benzene rings is 2. The first-order valence-electron chi connectivity index (χ1n) is 8.18. The van der Waals surface area contributed by atoms with Gasteiger partial charge >= 0.3 is 0 Å². The minimum atomic E-state index is -0.360. The summed E-state index contributed by atoms with van der Waals surface area (Å²) < 4.78 is 10.6. The summed E-state index contributed by atoms with van der Waals surface area (Å²) in [4.78, 5) is 37.2. The van der Waals surface area contributed by atoms with E-state index in [1.807, 2.05) is 18.2 Å². The maximum atomic E-state index is 12.2. The van der Waals surface area contributed by atoms with Gasteiger partial charge < -0.3 is 14.8 Å². The highest BCUT2D eigenvalue weighted by Crippen LogP contribution is 2.32. The summed E-state index contributed by atoms with van der Waals surface area (Å²) in [5, 5.41) is 2.77. The molecule has 2 aliphatic rings. The topological polar surface area (TPSA) is 84.9 Å². The Balaban J connectivity index is 1.40. The average Bonchev–Trinajstić information content (AvgIpc) is 3.19. The van der Waals surface area contributed by atoms with E-state index in [1.54, 1.807) is 12.1 Å². The predicted molar refractivity (Wildman–Crippen MR) is 92.4 cm³/mol. The maximum Gasteiger partial charge on any atom is 0.261 e. The number of aryl methyl sites for hydroxylation is 1. The second kappa shape index (κ2) is 6.18. The van der Waals surface area contributed by atoms with Crippen molar-refractivity contribution in [3.8, 4) is 11.5 Å². The van der Waals surface area contributed by atoms with E-state index < -0.39 is 0 Å². The normalized spacial score (nSPS) is 14.6. The number of ether oxygens (including phenoxy) is 2. The molecule has 0 bridgehead atoms. The van der Waals surface area contributed by atoms with Crippen LogP contribution in [0.3, 0.4) is 0 Å². The van der Waals surface area contributed by atoms with Crippen molar-refractivity contribution in [2.75, 3.05) is 19.2 Å². The molecule has 0 unspecified atom stereocenters. The van der Waals surface area contributed by atoms with Crippen LogP contribution in [0.1, 0.15) is 32.7 Å². The van der Waals surface area contributed by atoms with Crippen LogP contribution < -0.4 is 14.8 Å². The lowest BCUT2D eigenvalue weighted by Crippen LogP contribution is -2.24. The van der Waals surface area contributed by atoms with E-state index in [0.717, 1.165) is 10.5 Å². The molecule has 0 radical (unpaired) electrons. The molecule has 3 amide bonds. The van der Waals surface area contributed by atoms with Gasteiger partial charge in [0, 0.05) is 19.2 Å².